The van der Waals surface area contributed by atoms with Gasteiger partial charge in [0.25, 0.3) is 0 Å². The quantitative estimate of drug-likeness (QED) is 0.769. The van der Waals surface area contributed by atoms with E-state index in [1.54, 1.807) is 19.1 Å². The molecule has 0 saturated carbocycles. The third kappa shape index (κ3) is 3.36. The predicted octanol–water partition coefficient (Wildman–Crippen LogP) is 1.96. The van der Waals surface area contributed by atoms with Gasteiger partial charge in [-0.15, -0.1) is 0 Å². The number of benzene rings is 1. The zero-order chi connectivity index (χ0) is 11.4. The summed E-state index contributed by atoms with van der Waals surface area (Å²) in [6, 6.07) is 5.42. The van der Waals surface area contributed by atoms with Crippen molar-refractivity contribution in [2.24, 2.45) is 0 Å². The van der Waals surface area contributed by atoms with Crippen molar-refractivity contribution in [2.75, 3.05) is 6.61 Å². The highest BCUT2D eigenvalue weighted by molar-refractivity contribution is 5.96. The number of aliphatic hydroxyl groups is 1. The Morgan fingerprint density at radius 1 is 1.53 bits per heavy atom. The lowest BCUT2D eigenvalue weighted by Crippen LogP contribution is -2.14. The molecular formula is C12H16O3. The van der Waals surface area contributed by atoms with E-state index in [9.17, 15) is 4.79 Å². The van der Waals surface area contributed by atoms with Crippen LogP contribution in [0.15, 0.2) is 18.2 Å². The Kier molecular flexibility index (Phi) is 3.86. The van der Waals surface area contributed by atoms with Crippen molar-refractivity contribution in [2.45, 2.75) is 26.9 Å². The Balaban J connectivity index is 2.92. The number of aryl methyl sites for hydroxylation is 1. The van der Waals surface area contributed by atoms with E-state index in [4.69, 9.17) is 9.84 Å². The summed E-state index contributed by atoms with van der Waals surface area (Å²) in [4.78, 5) is 11.3. The summed E-state index contributed by atoms with van der Waals surface area (Å²) >= 11 is 0. The summed E-state index contributed by atoms with van der Waals surface area (Å²) in [5, 5.41) is 9.10. The van der Waals surface area contributed by atoms with Gasteiger partial charge in [-0.25, -0.2) is 0 Å². The molecule has 0 heterocycles. The van der Waals surface area contributed by atoms with Gasteiger partial charge in [-0.2, -0.15) is 0 Å². The molecule has 0 aromatic heterocycles. The first-order chi connectivity index (χ1) is 7.00. The molecule has 1 atom stereocenters. The highest BCUT2D eigenvalue weighted by atomic mass is 16.5. The summed E-state index contributed by atoms with van der Waals surface area (Å²) in [5.41, 5.74) is 1.59. The molecule has 0 aliphatic carbocycles. The van der Waals surface area contributed by atoms with Gasteiger partial charge in [0.15, 0.2) is 5.78 Å². The van der Waals surface area contributed by atoms with E-state index in [0.717, 1.165) is 5.56 Å². The molecule has 3 heteroatoms. The molecule has 1 unspecified atom stereocenters. The van der Waals surface area contributed by atoms with Gasteiger partial charge in [0.2, 0.25) is 0 Å². The summed E-state index contributed by atoms with van der Waals surface area (Å²) in [7, 11) is 0. The van der Waals surface area contributed by atoms with E-state index in [0.29, 0.717) is 11.3 Å². The second-order valence-corrected chi connectivity index (χ2v) is 3.72. The van der Waals surface area contributed by atoms with Crippen molar-refractivity contribution in [1.82, 2.24) is 0 Å². The number of ketones is 1. The number of Topliss-reactive ketones (excluding diaryl/α,β-unsaturated/α-hetero) is 1. The van der Waals surface area contributed by atoms with Crippen LogP contribution in [0.25, 0.3) is 0 Å². The lowest BCUT2D eigenvalue weighted by molar-refractivity contribution is 0.0995. The average Bonchev–Trinajstić information content (AvgIpc) is 2.14. The Morgan fingerprint density at radius 2 is 2.20 bits per heavy atom. The minimum atomic E-state index is -0.537. The van der Waals surface area contributed by atoms with Crippen LogP contribution in [0.1, 0.15) is 29.8 Å². The molecular weight excluding hydrogens is 192 g/mol. The first kappa shape index (κ1) is 11.7. The van der Waals surface area contributed by atoms with Crippen molar-refractivity contribution in [3.63, 3.8) is 0 Å². The third-order valence-electron chi connectivity index (χ3n) is 2.00. The Labute approximate surface area is 89.7 Å². The van der Waals surface area contributed by atoms with Crippen LogP contribution in [0.3, 0.4) is 0 Å². The van der Waals surface area contributed by atoms with Crippen LogP contribution in [0.2, 0.25) is 0 Å². The normalized spacial score (nSPS) is 12.3. The predicted molar refractivity (Wildman–Crippen MR) is 58.4 cm³/mol. The minimum absolute atomic E-state index is 0.0319. The maximum Gasteiger partial charge on any atom is 0.163 e. The van der Waals surface area contributed by atoms with Crippen LogP contribution in [0, 0.1) is 6.92 Å². The van der Waals surface area contributed by atoms with Gasteiger partial charge in [-0.3, -0.25) is 4.79 Å². The molecule has 0 fully saturated rings. The highest BCUT2D eigenvalue weighted by Gasteiger charge is 2.09. The van der Waals surface area contributed by atoms with E-state index in [1.807, 2.05) is 13.0 Å². The van der Waals surface area contributed by atoms with E-state index in [1.165, 1.54) is 6.92 Å². The fraction of sp³-hybridized carbons (Fsp3) is 0.417. The van der Waals surface area contributed by atoms with Crippen LogP contribution < -0.4 is 4.74 Å². The minimum Gasteiger partial charge on any atom is -0.490 e. The molecule has 1 aromatic carbocycles. The van der Waals surface area contributed by atoms with Crippen LogP contribution in [-0.4, -0.2) is 23.6 Å². The fourth-order valence-electron chi connectivity index (χ4n) is 1.25. The van der Waals surface area contributed by atoms with Crippen LogP contribution in [0.5, 0.6) is 5.75 Å². The van der Waals surface area contributed by atoms with Gasteiger partial charge in [-0.05, 0) is 38.5 Å². The number of rotatable bonds is 4. The molecule has 1 rings (SSSR count). The molecule has 0 aliphatic rings. The van der Waals surface area contributed by atoms with Gasteiger partial charge in [0.1, 0.15) is 12.4 Å². The molecule has 0 saturated heterocycles. The summed E-state index contributed by atoms with van der Waals surface area (Å²) in [5.74, 6) is 0.513. The molecule has 15 heavy (non-hydrogen) atoms. The number of carbonyl (C=O) groups is 1. The van der Waals surface area contributed by atoms with E-state index < -0.39 is 6.10 Å². The fourth-order valence-corrected chi connectivity index (χ4v) is 1.25. The second-order valence-electron chi connectivity index (χ2n) is 3.72. The Morgan fingerprint density at radius 3 is 2.73 bits per heavy atom. The number of hydrogen-bond acceptors (Lipinski definition) is 3. The maximum atomic E-state index is 11.3. The topological polar surface area (TPSA) is 46.5 Å². The Bertz CT molecular complexity index is 356. The van der Waals surface area contributed by atoms with Crippen molar-refractivity contribution in [3.05, 3.63) is 29.3 Å². The number of ether oxygens (including phenoxy) is 1. The number of aliphatic hydroxyl groups excluding tert-OH is 1. The van der Waals surface area contributed by atoms with Gasteiger partial charge in [0.05, 0.1) is 11.7 Å². The largest absolute Gasteiger partial charge is 0.490 e. The number of hydrogen-bond donors (Lipinski definition) is 1. The molecule has 0 amide bonds. The lowest BCUT2D eigenvalue weighted by Gasteiger charge is -2.11. The highest BCUT2D eigenvalue weighted by Crippen LogP contribution is 2.20. The van der Waals surface area contributed by atoms with Crippen LogP contribution in [0.4, 0.5) is 0 Å². The zero-order valence-corrected chi connectivity index (χ0v) is 9.28. The van der Waals surface area contributed by atoms with E-state index in [-0.39, 0.29) is 12.4 Å². The third-order valence-corrected chi connectivity index (χ3v) is 2.00. The first-order valence-corrected chi connectivity index (χ1v) is 4.93. The van der Waals surface area contributed by atoms with Crippen molar-refractivity contribution < 1.29 is 14.6 Å². The summed E-state index contributed by atoms with van der Waals surface area (Å²) in [6.07, 6.45) is -0.537. The van der Waals surface area contributed by atoms with Gasteiger partial charge >= 0.3 is 0 Å². The van der Waals surface area contributed by atoms with Gasteiger partial charge < -0.3 is 9.84 Å². The molecule has 0 aliphatic heterocycles. The molecule has 1 aromatic rings. The standard InChI is InChI=1S/C12H16O3/c1-8-4-5-11(10(3)14)12(6-8)15-7-9(2)13/h4-6,9,13H,7H2,1-3H3. The van der Waals surface area contributed by atoms with Gasteiger partial charge in [0, 0.05) is 0 Å². The molecule has 1 N–H and O–H groups in total. The SMILES string of the molecule is CC(=O)c1ccc(C)cc1OCC(C)O. The molecule has 0 radical (unpaired) electrons. The molecule has 0 bridgehead atoms. The summed E-state index contributed by atoms with van der Waals surface area (Å²) < 4.78 is 5.37. The van der Waals surface area contributed by atoms with Crippen molar-refractivity contribution in [1.29, 1.82) is 0 Å². The van der Waals surface area contributed by atoms with Gasteiger partial charge in [-0.1, -0.05) is 6.07 Å². The van der Waals surface area contributed by atoms with Crippen LogP contribution >= 0.6 is 0 Å². The Hall–Kier alpha value is -1.35. The molecule has 82 valence electrons. The zero-order valence-electron chi connectivity index (χ0n) is 9.28. The first-order valence-electron chi connectivity index (χ1n) is 4.93. The lowest BCUT2D eigenvalue weighted by atomic mass is 10.1. The van der Waals surface area contributed by atoms with Crippen molar-refractivity contribution in [3.8, 4) is 5.75 Å². The smallest absolute Gasteiger partial charge is 0.163 e. The number of carbonyl (C=O) groups excluding carboxylic acids is 1. The van der Waals surface area contributed by atoms with E-state index >= 15 is 0 Å². The monoisotopic (exact) mass is 208 g/mol. The average molecular weight is 208 g/mol. The van der Waals surface area contributed by atoms with Crippen molar-refractivity contribution >= 4 is 5.78 Å². The maximum absolute atomic E-state index is 11.3. The second kappa shape index (κ2) is 4.94. The van der Waals surface area contributed by atoms with E-state index in [2.05, 4.69) is 0 Å². The molecule has 0 spiro atoms. The summed E-state index contributed by atoms with van der Waals surface area (Å²) in [6.45, 7) is 5.27. The van der Waals surface area contributed by atoms with Crippen LogP contribution in [-0.2, 0) is 0 Å². The molecule has 3 nitrogen and oxygen atoms in total.